The fraction of sp³-hybridized carbons (Fsp3) is 0.286. The minimum atomic E-state index is -0.887. The molecule has 116 valence electrons. The van der Waals surface area contributed by atoms with Crippen LogP contribution < -0.4 is 0 Å². The molecule has 2 aromatic rings. The van der Waals surface area contributed by atoms with Gasteiger partial charge in [-0.25, -0.2) is 4.79 Å². The number of nitro benzene ring substituents is 1. The van der Waals surface area contributed by atoms with Gasteiger partial charge in [-0.2, -0.15) is 0 Å². The average Bonchev–Trinajstić information content (AvgIpc) is 2.88. The van der Waals surface area contributed by atoms with Crippen molar-refractivity contribution in [3.8, 4) is 0 Å². The van der Waals surface area contributed by atoms with Crippen molar-refractivity contribution in [3.05, 3.63) is 39.3 Å². The lowest BCUT2D eigenvalue weighted by atomic mass is 10.2. The summed E-state index contributed by atoms with van der Waals surface area (Å²) in [5.41, 5.74) is -0.0404. The molecule has 0 aliphatic carbocycles. The Morgan fingerprint density at radius 3 is 2.59 bits per heavy atom. The van der Waals surface area contributed by atoms with Crippen LogP contribution in [0.3, 0.4) is 0 Å². The van der Waals surface area contributed by atoms with Crippen molar-refractivity contribution >= 4 is 39.0 Å². The van der Waals surface area contributed by atoms with Gasteiger partial charge >= 0.3 is 5.97 Å². The number of hydrogen-bond donors (Lipinski definition) is 0. The minimum Gasteiger partial charge on any atom is -0.448 e. The van der Waals surface area contributed by atoms with Crippen molar-refractivity contribution in [1.82, 2.24) is 4.90 Å². The van der Waals surface area contributed by atoms with Crippen molar-refractivity contribution in [2.24, 2.45) is 0 Å². The third-order valence-electron chi connectivity index (χ3n) is 2.98. The topological polar surface area (TPSA) is 89.7 Å². The zero-order valence-corrected chi connectivity index (χ0v) is 13.0. The van der Waals surface area contributed by atoms with Crippen LogP contribution in [0.15, 0.2) is 24.3 Å². The average molecular weight is 322 g/mol. The van der Waals surface area contributed by atoms with E-state index in [1.165, 1.54) is 41.4 Å². The monoisotopic (exact) mass is 322 g/mol. The van der Waals surface area contributed by atoms with E-state index in [4.69, 9.17) is 4.74 Å². The number of amides is 1. The number of fused-ring (bicyclic) bond motifs is 1. The van der Waals surface area contributed by atoms with E-state index in [9.17, 15) is 19.7 Å². The number of carbonyl (C=O) groups is 2. The number of carbonyl (C=O) groups excluding carboxylic acids is 2. The molecule has 2 rings (SSSR count). The van der Waals surface area contributed by atoms with E-state index in [0.717, 1.165) is 4.70 Å². The van der Waals surface area contributed by atoms with Gasteiger partial charge < -0.3 is 9.64 Å². The third kappa shape index (κ3) is 3.22. The predicted molar refractivity (Wildman–Crippen MR) is 82.1 cm³/mol. The fourth-order valence-electron chi connectivity index (χ4n) is 1.88. The van der Waals surface area contributed by atoms with Crippen molar-refractivity contribution < 1.29 is 19.2 Å². The molecule has 0 radical (unpaired) electrons. The molecule has 0 bridgehead atoms. The molecule has 1 heterocycles. The molecule has 8 heteroatoms. The summed E-state index contributed by atoms with van der Waals surface area (Å²) in [7, 11) is 3.15. The second kappa shape index (κ2) is 6.10. The zero-order chi connectivity index (χ0) is 16.4. The first-order valence-corrected chi connectivity index (χ1v) is 7.21. The Morgan fingerprint density at radius 2 is 2.00 bits per heavy atom. The number of benzene rings is 1. The standard InChI is InChI=1S/C14H14N2O5S/c1-8(13(17)15(2)3)21-14(18)12-7-9-6-10(16(19)20)4-5-11(9)22-12/h4-8H,1-3H3/t8-/m0/s1. The second-order valence-corrected chi connectivity index (χ2v) is 5.95. The van der Waals surface area contributed by atoms with E-state index < -0.39 is 17.0 Å². The van der Waals surface area contributed by atoms with Crippen LogP contribution in [0.4, 0.5) is 5.69 Å². The quantitative estimate of drug-likeness (QED) is 0.490. The number of ether oxygens (including phenoxy) is 1. The maximum atomic E-state index is 12.1. The van der Waals surface area contributed by atoms with Crippen LogP contribution in [-0.4, -0.2) is 41.9 Å². The summed E-state index contributed by atoms with van der Waals surface area (Å²) in [5.74, 6) is -0.934. The lowest BCUT2D eigenvalue weighted by Gasteiger charge is -2.16. The molecule has 1 aromatic heterocycles. The fourth-order valence-corrected chi connectivity index (χ4v) is 2.80. The number of esters is 1. The number of thiophene rings is 1. The predicted octanol–water partition coefficient (Wildman–Crippen LogP) is 2.44. The van der Waals surface area contributed by atoms with Crippen LogP contribution in [0.2, 0.25) is 0 Å². The van der Waals surface area contributed by atoms with Gasteiger partial charge in [0.05, 0.1) is 4.92 Å². The summed E-state index contributed by atoms with van der Waals surface area (Å²) in [4.78, 5) is 35.6. The van der Waals surface area contributed by atoms with Crippen LogP contribution >= 0.6 is 11.3 Å². The highest BCUT2D eigenvalue weighted by atomic mass is 32.1. The largest absolute Gasteiger partial charge is 0.448 e. The van der Waals surface area contributed by atoms with Gasteiger partial charge in [-0.15, -0.1) is 11.3 Å². The molecule has 1 atom stereocenters. The van der Waals surface area contributed by atoms with Crippen LogP contribution in [-0.2, 0) is 9.53 Å². The van der Waals surface area contributed by atoms with Crippen LogP contribution in [0.1, 0.15) is 16.6 Å². The molecule has 0 spiro atoms. The maximum Gasteiger partial charge on any atom is 0.349 e. The van der Waals surface area contributed by atoms with Crippen LogP contribution in [0.25, 0.3) is 10.1 Å². The van der Waals surface area contributed by atoms with Gasteiger partial charge in [0.25, 0.3) is 11.6 Å². The molecule has 0 N–H and O–H groups in total. The molecule has 0 aliphatic heterocycles. The number of likely N-dealkylation sites (N-methyl/N-ethyl adjacent to an activating group) is 1. The molecule has 1 amide bonds. The highest BCUT2D eigenvalue weighted by Gasteiger charge is 2.22. The first-order chi connectivity index (χ1) is 10.3. The SMILES string of the molecule is C[C@H](OC(=O)c1cc2cc([N+](=O)[O-])ccc2s1)C(=O)N(C)C. The van der Waals surface area contributed by atoms with Gasteiger partial charge in [0, 0.05) is 36.3 Å². The molecule has 0 aliphatic rings. The molecule has 1 aromatic carbocycles. The Labute approximate surface area is 130 Å². The number of nitrogens with zero attached hydrogens (tertiary/aromatic N) is 2. The number of nitro groups is 1. The van der Waals surface area contributed by atoms with Gasteiger partial charge in [0.15, 0.2) is 6.10 Å². The summed E-state index contributed by atoms with van der Waals surface area (Å²) in [6.07, 6.45) is -0.887. The van der Waals surface area contributed by atoms with Gasteiger partial charge in [-0.05, 0) is 19.1 Å². The molecule has 0 unspecified atom stereocenters. The Balaban J connectivity index is 2.22. The van der Waals surface area contributed by atoms with Crippen LogP contribution in [0.5, 0.6) is 0 Å². The Kier molecular flexibility index (Phi) is 4.41. The van der Waals surface area contributed by atoms with Crippen molar-refractivity contribution in [2.45, 2.75) is 13.0 Å². The van der Waals surface area contributed by atoms with E-state index in [1.54, 1.807) is 20.2 Å². The first kappa shape index (κ1) is 15.9. The zero-order valence-electron chi connectivity index (χ0n) is 12.2. The summed E-state index contributed by atoms with van der Waals surface area (Å²) in [5, 5.41) is 11.3. The van der Waals surface area contributed by atoms with Gasteiger partial charge in [0.1, 0.15) is 4.88 Å². The summed E-state index contributed by atoms with van der Waals surface area (Å²) in [6, 6.07) is 5.90. The Morgan fingerprint density at radius 1 is 1.32 bits per heavy atom. The van der Waals surface area contributed by atoms with Gasteiger partial charge in [-0.1, -0.05) is 0 Å². The Bertz CT molecular complexity index is 753. The van der Waals surface area contributed by atoms with Gasteiger partial charge in [0.2, 0.25) is 0 Å². The highest BCUT2D eigenvalue weighted by Crippen LogP contribution is 2.29. The normalized spacial score (nSPS) is 12.0. The molecule has 7 nitrogen and oxygen atoms in total. The summed E-state index contributed by atoms with van der Waals surface area (Å²) in [6.45, 7) is 1.50. The molecular weight excluding hydrogens is 308 g/mol. The lowest BCUT2D eigenvalue weighted by Crippen LogP contribution is -2.34. The van der Waals surface area contributed by atoms with Crippen molar-refractivity contribution in [1.29, 1.82) is 0 Å². The number of hydrogen-bond acceptors (Lipinski definition) is 6. The molecule has 0 saturated carbocycles. The molecular formula is C14H14N2O5S. The number of rotatable bonds is 4. The summed E-state index contributed by atoms with van der Waals surface area (Å²) >= 11 is 1.17. The van der Waals surface area contributed by atoms with E-state index in [2.05, 4.69) is 0 Å². The molecule has 0 fully saturated rings. The lowest BCUT2D eigenvalue weighted by molar-refractivity contribution is -0.384. The maximum absolute atomic E-state index is 12.1. The smallest absolute Gasteiger partial charge is 0.349 e. The highest BCUT2D eigenvalue weighted by molar-refractivity contribution is 7.20. The molecule has 22 heavy (non-hydrogen) atoms. The summed E-state index contributed by atoms with van der Waals surface area (Å²) < 4.78 is 5.85. The van der Waals surface area contributed by atoms with E-state index >= 15 is 0 Å². The first-order valence-electron chi connectivity index (χ1n) is 6.39. The van der Waals surface area contributed by atoms with Crippen molar-refractivity contribution in [2.75, 3.05) is 14.1 Å². The second-order valence-electron chi connectivity index (χ2n) is 4.87. The van der Waals surface area contributed by atoms with Crippen LogP contribution in [0, 0.1) is 10.1 Å². The Hall–Kier alpha value is -2.48. The van der Waals surface area contributed by atoms with E-state index in [-0.39, 0.29) is 11.6 Å². The van der Waals surface area contributed by atoms with Crippen molar-refractivity contribution in [3.63, 3.8) is 0 Å². The minimum absolute atomic E-state index is 0.0404. The van der Waals surface area contributed by atoms with Gasteiger partial charge in [-0.3, -0.25) is 14.9 Å². The van der Waals surface area contributed by atoms with E-state index in [0.29, 0.717) is 10.3 Å². The number of non-ortho nitro benzene ring substituents is 1. The van der Waals surface area contributed by atoms with E-state index in [1.807, 2.05) is 0 Å². The third-order valence-corrected chi connectivity index (χ3v) is 4.08. The molecule has 0 saturated heterocycles.